The summed E-state index contributed by atoms with van der Waals surface area (Å²) in [7, 11) is 0. The zero-order chi connectivity index (χ0) is 15.7. The molecule has 0 aromatic carbocycles. The number of urea groups is 1. The quantitative estimate of drug-likeness (QED) is 0.892. The maximum atomic E-state index is 12.2. The van der Waals surface area contributed by atoms with Gasteiger partial charge in [0.05, 0.1) is 23.8 Å². The van der Waals surface area contributed by atoms with Crippen LogP contribution in [0.15, 0.2) is 12.4 Å². The predicted octanol–water partition coefficient (Wildman–Crippen LogP) is 2.18. The van der Waals surface area contributed by atoms with E-state index in [-0.39, 0.29) is 12.6 Å². The van der Waals surface area contributed by atoms with Crippen LogP contribution in [0, 0.1) is 11.8 Å². The second kappa shape index (κ2) is 5.98. The van der Waals surface area contributed by atoms with Crippen LogP contribution in [0.25, 0.3) is 0 Å². The Balaban J connectivity index is 1.58. The van der Waals surface area contributed by atoms with Crippen molar-refractivity contribution in [3.05, 3.63) is 12.4 Å². The van der Waals surface area contributed by atoms with Crippen molar-refractivity contribution >= 4 is 17.7 Å². The minimum absolute atomic E-state index is 0.246. The molecular weight excluding hydrogens is 284 g/mol. The summed E-state index contributed by atoms with van der Waals surface area (Å²) in [5, 5.41) is 16.2. The molecule has 7 heteroatoms. The van der Waals surface area contributed by atoms with Crippen molar-refractivity contribution < 1.29 is 14.7 Å². The second-order valence-corrected chi connectivity index (χ2v) is 6.34. The summed E-state index contributed by atoms with van der Waals surface area (Å²) in [5.41, 5.74) is 0.662. The van der Waals surface area contributed by atoms with Crippen molar-refractivity contribution in [2.45, 2.75) is 38.6 Å². The van der Waals surface area contributed by atoms with Crippen LogP contribution in [0.1, 0.15) is 38.6 Å². The summed E-state index contributed by atoms with van der Waals surface area (Å²) in [6.07, 6.45) is 7.34. The minimum Gasteiger partial charge on any atom is -0.481 e. The lowest BCUT2D eigenvalue weighted by Crippen LogP contribution is -2.44. The van der Waals surface area contributed by atoms with Gasteiger partial charge in [0.15, 0.2) is 0 Å². The molecule has 3 rings (SSSR count). The molecule has 1 aromatic heterocycles. The number of piperidine rings is 1. The van der Waals surface area contributed by atoms with Gasteiger partial charge in [-0.1, -0.05) is 0 Å². The molecule has 0 radical (unpaired) electrons. The van der Waals surface area contributed by atoms with Crippen LogP contribution in [-0.2, 0) is 4.79 Å². The van der Waals surface area contributed by atoms with Crippen LogP contribution in [0.5, 0.6) is 0 Å². The minimum atomic E-state index is -0.830. The fourth-order valence-corrected chi connectivity index (χ4v) is 2.99. The zero-order valence-electron chi connectivity index (χ0n) is 12.7. The van der Waals surface area contributed by atoms with Crippen LogP contribution in [0.2, 0.25) is 0 Å². The van der Waals surface area contributed by atoms with Gasteiger partial charge in [0.2, 0.25) is 0 Å². The van der Waals surface area contributed by atoms with Gasteiger partial charge in [-0.25, -0.2) is 4.79 Å². The van der Waals surface area contributed by atoms with E-state index in [1.165, 1.54) is 12.8 Å². The summed E-state index contributed by atoms with van der Waals surface area (Å²) in [6, 6.07) is 0.113. The maximum absolute atomic E-state index is 12.2. The summed E-state index contributed by atoms with van der Waals surface area (Å²) in [6.45, 7) is 3.01. The standard InChI is InChI=1S/C15H22N4O3/c1-10(11-4-5-11)19-9-13(7-16-19)17-15(22)18-6-2-3-12(8-18)14(20)21/h7,9-12H,2-6,8H2,1H3,(H,17,22)(H,20,21). The molecule has 2 heterocycles. The number of hydrogen-bond donors (Lipinski definition) is 2. The lowest BCUT2D eigenvalue weighted by Gasteiger charge is -2.30. The third-order valence-corrected chi connectivity index (χ3v) is 4.63. The van der Waals surface area contributed by atoms with Gasteiger partial charge in [0.25, 0.3) is 0 Å². The molecule has 2 fully saturated rings. The average molecular weight is 306 g/mol. The lowest BCUT2D eigenvalue weighted by molar-refractivity contribution is -0.143. The van der Waals surface area contributed by atoms with Crippen LogP contribution >= 0.6 is 0 Å². The van der Waals surface area contributed by atoms with Gasteiger partial charge in [-0.3, -0.25) is 9.48 Å². The molecule has 7 nitrogen and oxygen atoms in total. The Hall–Kier alpha value is -2.05. The average Bonchev–Trinajstić information content (AvgIpc) is 3.26. The molecule has 22 heavy (non-hydrogen) atoms. The monoisotopic (exact) mass is 306 g/mol. The smallest absolute Gasteiger partial charge is 0.321 e. The van der Waals surface area contributed by atoms with Crippen molar-refractivity contribution in [2.24, 2.45) is 11.8 Å². The van der Waals surface area contributed by atoms with Crippen molar-refractivity contribution in [3.63, 3.8) is 0 Å². The third-order valence-electron chi connectivity index (χ3n) is 4.63. The van der Waals surface area contributed by atoms with Gasteiger partial charge >= 0.3 is 12.0 Å². The van der Waals surface area contributed by atoms with Crippen LogP contribution < -0.4 is 5.32 Å². The van der Waals surface area contributed by atoms with E-state index >= 15 is 0 Å². The SMILES string of the molecule is CC(C1CC1)n1cc(NC(=O)N2CCCC(C(=O)O)C2)cn1. The van der Waals surface area contributed by atoms with E-state index in [0.717, 1.165) is 6.42 Å². The molecule has 0 spiro atoms. The largest absolute Gasteiger partial charge is 0.481 e. The number of rotatable bonds is 4. The molecule has 1 aromatic rings. The third kappa shape index (κ3) is 3.23. The number of carboxylic acids is 1. The Bertz CT molecular complexity index is 567. The van der Waals surface area contributed by atoms with Crippen molar-refractivity contribution in [3.8, 4) is 0 Å². The number of aromatic nitrogens is 2. The summed E-state index contributed by atoms with van der Waals surface area (Å²) < 4.78 is 1.89. The summed E-state index contributed by atoms with van der Waals surface area (Å²) in [5.74, 6) is -0.595. The molecule has 120 valence electrons. The number of likely N-dealkylation sites (tertiary alicyclic amines) is 1. The number of carbonyl (C=O) groups is 2. The second-order valence-electron chi connectivity index (χ2n) is 6.34. The molecule has 0 bridgehead atoms. The number of hydrogen-bond acceptors (Lipinski definition) is 3. The van der Waals surface area contributed by atoms with Crippen molar-refractivity contribution in [2.75, 3.05) is 18.4 Å². The van der Waals surface area contributed by atoms with E-state index in [1.807, 2.05) is 10.9 Å². The number of amides is 2. The molecule has 1 saturated heterocycles. The first kappa shape index (κ1) is 14.9. The fraction of sp³-hybridized carbons (Fsp3) is 0.667. The topological polar surface area (TPSA) is 87.5 Å². The highest BCUT2D eigenvalue weighted by Gasteiger charge is 2.30. The number of anilines is 1. The molecule has 2 aliphatic rings. The van der Waals surface area contributed by atoms with E-state index in [2.05, 4.69) is 17.3 Å². The van der Waals surface area contributed by atoms with E-state index < -0.39 is 11.9 Å². The van der Waals surface area contributed by atoms with Gasteiger partial charge in [-0.15, -0.1) is 0 Å². The van der Waals surface area contributed by atoms with Crippen molar-refractivity contribution in [1.82, 2.24) is 14.7 Å². The number of carbonyl (C=O) groups excluding carboxylic acids is 1. The predicted molar refractivity (Wildman–Crippen MR) is 80.6 cm³/mol. The number of carboxylic acid groups (broad SMARTS) is 1. The van der Waals surface area contributed by atoms with Gasteiger partial charge in [-0.2, -0.15) is 5.10 Å². The molecular formula is C15H22N4O3. The normalized spacial score (nSPS) is 23.1. The zero-order valence-corrected chi connectivity index (χ0v) is 12.7. The number of aliphatic carboxylic acids is 1. The lowest BCUT2D eigenvalue weighted by atomic mass is 9.99. The maximum Gasteiger partial charge on any atom is 0.321 e. The van der Waals surface area contributed by atoms with Gasteiger partial charge < -0.3 is 15.3 Å². The van der Waals surface area contributed by atoms with Crippen molar-refractivity contribution in [1.29, 1.82) is 0 Å². The number of nitrogens with zero attached hydrogens (tertiary/aromatic N) is 3. The first-order chi connectivity index (χ1) is 10.5. The van der Waals surface area contributed by atoms with Gasteiger partial charge in [0.1, 0.15) is 0 Å². The molecule has 1 aliphatic carbocycles. The van der Waals surface area contributed by atoms with Crippen LogP contribution in [-0.4, -0.2) is 44.9 Å². The van der Waals surface area contributed by atoms with E-state index in [9.17, 15) is 9.59 Å². The highest BCUT2D eigenvalue weighted by atomic mass is 16.4. The molecule has 2 atom stereocenters. The van der Waals surface area contributed by atoms with Gasteiger partial charge in [0, 0.05) is 19.3 Å². The Morgan fingerprint density at radius 1 is 1.41 bits per heavy atom. The first-order valence-electron chi connectivity index (χ1n) is 7.87. The highest BCUT2D eigenvalue weighted by molar-refractivity contribution is 5.89. The Labute approximate surface area is 129 Å². The van der Waals surface area contributed by atoms with Gasteiger partial charge in [-0.05, 0) is 38.5 Å². The van der Waals surface area contributed by atoms with E-state index in [0.29, 0.717) is 30.6 Å². The van der Waals surface area contributed by atoms with E-state index in [1.54, 1.807) is 11.1 Å². The Morgan fingerprint density at radius 2 is 2.18 bits per heavy atom. The van der Waals surface area contributed by atoms with Crippen LogP contribution in [0.4, 0.5) is 10.5 Å². The Kier molecular flexibility index (Phi) is 4.04. The molecule has 2 amide bonds. The summed E-state index contributed by atoms with van der Waals surface area (Å²) in [4.78, 5) is 24.9. The highest BCUT2D eigenvalue weighted by Crippen LogP contribution is 2.39. The summed E-state index contributed by atoms with van der Waals surface area (Å²) >= 11 is 0. The van der Waals surface area contributed by atoms with E-state index in [4.69, 9.17) is 5.11 Å². The fourth-order valence-electron chi connectivity index (χ4n) is 2.99. The molecule has 2 unspecified atom stereocenters. The first-order valence-corrected chi connectivity index (χ1v) is 7.87. The molecule has 1 saturated carbocycles. The molecule has 2 N–H and O–H groups in total. The van der Waals surface area contributed by atoms with Crippen LogP contribution in [0.3, 0.4) is 0 Å². The number of nitrogens with one attached hydrogen (secondary N) is 1. The molecule has 1 aliphatic heterocycles. The Morgan fingerprint density at radius 3 is 2.86 bits per heavy atom.